The molecule has 1 amide bonds. The van der Waals surface area contributed by atoms with Gasteiger partial charge in [0.2, 0.25) is 0 Å². The van der Waals surface area contributed by atoms with E-state index in [1.54, 1.807) is 6.07 Å². The molecule has 1 atom stereocenters. The van der Waals surface area contributed by atoms with Gasteiger partial charge in [0.05, 0.1) is 12.5 Å². The van der Waals surface area contributed by atoms with Crippen molar-refractivity contribution < 1.29 is 24.5 Å². The van der Waals surface area contributed by atoms with Gasteiger partial charge < -0.3 is 19.8 Å². The van der Waals surface area contributed by atoms with Crippen LogP contribution >= 0.6 is 0 Å². The van der Waals surface area contributed by atoms with E-state index in [9.17, 15) is 19.8 Å². The summed E-state index contributed by atoms with van der Waals surface area (Å²) in [6, 6.07) is 4.42. The van der Waals surface area contributed by atoms with E-state index in [0.717, 1.165) is 0 Å². The first kappa shape index (κ1) is 15.2. The van der Waals surface area contributed by atoms with Crippen LogP contribution in [0.3, 0.4) is 0 Å². The minimum absolute atomic E-state index is 0.109. The van der Waals surface area contributed by atoms with Gasteiger partial charge in [-0.2, -0.15) is 0 Å². The van der Waals surface area contributed by atoms with Crippen LogP contribution in [0, 0.1) is 5.41 Å². The number of methoxy groups -OCH3 is 1. The number of carbonyl (C=O) groups is 2. The summed E-state index contributed by atoms with van der Waals surface area (Å²) in [7, 11) is 1.43. The Bertz CT molecular complexity index is 571. The fourth-order valence-electron chi connectivity index (χ4n) is 2.67. The molecular formula is C15H19NO5. The number of aromatic hydroxyl groups is 1. The van der Waals surface area contributed by atoms with Crippen LogP contribution in [-0.2, 0) is 4.79 Å². The number of aliphatic carboxylic acids is 1. The number of ether oxygens (including phenoxy) is 1. The average Bonchev–Trinajstić information content (AvgIpc) is 2.92. The number of likely N-dealkylation sites (tertiary alicyclic amines) is 1. The van der Waals surface area contributed by atoms with Crippen molar-refractivity contribution in [3.05, 3.63) is 23.8 Å². The maximum atomic E-state index is 12.4. The summed E-state index contributed by atoms with van der Waals surface area (Å²) in [6.07, 6.45) is 0.937. The Morgan fingerprint density at radius 3 is 2.62 bits per heavy atom. The molecule has 6 heteroatoms. The third-order valence-corrected chi connectivity index (χ3v) is 4.20. The van der Waals surface area contributed by atoms with E-state index in [2.05, 4.69) is 0 Å². The normalized spacial score (nSPS) is 21.3. The standard InChI is InChI=1S/C15H19NO5/c1-3-15(14(19)20)6-7-16(9-15)13(18)10-4-5-12(21-2)11(17)8-10/h4-5,8,17H,3,6-7,9H2,1-2H3,(H,19,20). The Morgan fingerprint density at radius 1 is 1.43 bits per heavy atom. The van der Waals surface area contributed by atoms with Crippen molar-refractivity contribution in [2.24, 2.45) is 5.41 Å². The number of hydrogen-bond acceptors (Lipinski definition) is 4. The lowest BCUT2D eigenvalue weighted by atomic mass is 9.84. The van der Waals surface area contributed by atoms with Crippen LogP contribution in [0.1, 0.15) is 30.1 Å². The molecule has 0 radical (unpaired) electrons. The number of carboxylic acid groups (broad SMARTS) is 1. The molecular weight excluding hydrogens is 274 g/mol. The first-order chi connectivity index (χ1) is 9.93. The first-order valence-electron chi connectivity index (χ1n) is 6.83. The van der Waals surface area contributed by atoms with Crippen LogP contribution in [0.25, 0.3) is 0 Å². The maximum absolute atomic E-state index is 12.4. The summed E-state index contributed by atoms with van der Waals surface area (Å²) < 4.78 is 4.93. The molecule has 21 heavy (non-hydrogen) atoms. The van der Waals surface area contributed by atoms with E-state index >= 15 is 0 Å². The van der Waals surface area contributed by atoms with Gasteiger partial charge in [-0.05, 0) is 31.0 Å². The van der Waals surface area contributed by atoms with Gasteiger partial charge in [-0.15, -0.1) is 0 Å². The summed E-state index contributed by atoms with van der Waals surface area (Å²) in [5.41, 5.74) is -0.532. The van der Waals surface area contributed by atoms with Crippen LogP contribution < -0.4 is 4.74 Å². The Labute approximate surface area is 122 Å². The Balaban J connectivity index is 2.18. The van der Waals surface area contributed by atoms with Crippen molar-refractivity contribution in [2.75, 3.05) is 20.2 Å². The number of phenols is 1. The van der Waals surface area contributed by atoms with Crippen LogP contribution in [0.2, 0.25) is 0 Å². The molecule has 1 aromatic rings. The van der Waals surface area contributed by atoms with Crippen molar-refractivity contribution in [1.82, 2.24) is 4.90 Å². The van der Waals surface area contributed by atoms with Gasteiger partial charge in [-0.1, -0.05) is 6.92 Å². The van der Waals surface area contributed by atoms with Gasteiger partial charge in [0.1, 0.15) is 0 Å². The highest BCUT2D eigenvalue weighted by Crippen LogP contribution is 2.35. The highest BCUT2D eigenvalue weighted by molar-refractivity contribution is 5.95. The lowest BCUT2D eigenvalue weighted by Crippen LogP contribution is -2.36. The minimum Gasteiger partial charge on any atom is -0.504 e. The van der Waals surface area contributed by atoms with Crippen LogP contribution in [0.4, 0.5) is 0 Å². The number of benzene rings is 1. The van der Waals surface area contributed by atoms with Crippen LogP contribution in [0.5, 0.6) is 11.5 Å². The second kappa shape index (κ2) is 5.63. The molecule has 1 fully saturated rings. The molecule has 1 heterocycles. The lowest BCUT2D eigenvalue weighted by Gasteiger charge is -2.23. The first-order valence-corrected chi connectivity index (χ1v) is 6.83. The number of hydrogen-bond donors (Lipinski definition) is 2. The number of nitrogens with zero attached hydrogens (tertiary/aromatic N) is 1. The quantitative estimate of drug-likeness (QED) is 0.882. The molecule has 1 aliphatic rings. The van der Waals surface area contributed by atoms with E-state index in [1.807, 2.05) is 6.92 Å². The molecule has 1 aliphatic heterocycles. The second-order valence-corrected chi connectivity index (χ2v) is 5.30. The summed E-state index contributed by atoms with van der Waals surface area (Å²) in [6.45, 7) is 2.43. The minimum atomic E-state index is -0.863. The number of rotatable bonds is 4. The molecule has 0 aromatic heterocycles. The summed E-state index contributed by atoms with van der Waals surface area (Å²) in [5, 5.41) is 19.1. The average molecular weight is 293 g/mol. The third kappa shape index (κ3) is 2.66. The molecule has 2 rings (SSSR count). The molecule has 6 nitrogen and oxygen atoms in total. The molecule has 1 unspecified atom stereocenters. The predicted molar refractivity (Wildman–Crippen MR) is 75.5 cm³/mol. The van der Waals surface area contributed by atoms with Crippen molar-refractivity contribution in [3.8, 4) is 11.5 Å². The maximum Gasteiger partial charge on any atom is 0.311 e. The zero-order chi connectivity index (χ0) is 15.6. The highest BCUT2D eigenvalue weighted by Gasteiger charge is 2.44. The monoisotopic (exact) mass is 293 g/mol. The predicted octanol–water partition coefficient (Wildman–Crippen LogP) is 1.73. The molecule has 0 saturated carbocycles. The SMILES string of the molecule is CCC1(C(=O)O)CCN(C(=O)c2ccc(OC)c(O)c2)C1. The largest absolute Gasteiger partial charge is 0.504 e. The zero-order valence-corrected chi connectivity index (χ0v) is 12.1. The van der Waals surface area contributed by atoms with Gasteiger partial charge in [-0.3, -0.25) is 9.59 Å². The van der Waals surface area contributed by atoms with E-state index in [-0.39, 0.29) is 18.2 Å². The zero-order valence-electron chi connectivity index (χ0n) is 12.1. The van der Waals surface area contributed by atoms with E-state index in [1.165, 1.54) is 24.1 Å². The van der Waals surface area contributed by atoms with Crippen LogP contribution in [-0.4, -0.2) is 47.2 Å². The van der Waals surface area contributed by atoms with Gasteiger partial charge >= 0.3 is 5.97 Å². The number of carboxylic acids is 1. The van der Waals surface area contributed by atoms with Gasteiger partial charge in [0.25, 0.3) is 5.91 Å². The van der Waals surface area contributed by atoms with Gasteiger partial charge in [0, 0.05) is 18.7 Å². The second-order valence-electron chi connectivity index (χ2n) is 5.30. The lowest BCUT2D eigenvalue weighted by molar-refractivity contribution is -0.148. The van der Waals surface area contributed by atoms with Crippen molar-refractivity contribution in [1.29, 1.82) is 0 Å². The summed E-state index contributed by atoms with van der Waals surface area (Å²) >= 11 is 0. The molecule has 0 bridgehead atoms. The van der Waals surface area contributed by atoms with E-state index in [0.29, 0.717) is 30.7 Å². The Hall–Kier alpha value is -2.24. The number of amides is 1. The molecule has 2 N–H and O–H groups in total. The molecule has 0 aliphatic carbocycles. The topological polar surface area (TPSA) is 87.1 Å². The highest BCUT2D eigenvalue weighted by atomic mass is 16.5. The van der Waals surface area contributed by atoms with Gasteiger partial charge in [0.15, 0.2) is 11.5 Å². The fraction of sp³-hybridized carbons (Fsp3) is 0.467. The van der Waals surface area contributed by atoms with Gasteiger partial charge in [-0.25, -0.2) is 0 Å². The molecule has 0 spiro atoms. The van der Waals surface area contributed by atoms with Crippen molar-refractivity contribution >= 4 is 11.9 Å². The number of carbonyl (C=O) groups excluding carboxylic acids is 1. The van der Waals surface area contributed by atoms with Crippen molar-refractivity contribution in [3.63, 3.8) is 0 Å². The summed E-state index contributed by atoms with van der Waals surface area (Å²) in [5.74, 6) is -0.952. The molecule has 1 aromatic carbocycles. The van der Waals surface area contributed by atoms with E-state index in [4.69, 9.17) is 4.74 Å². The molecule has 114 valence electrons. The Kier molecular flexibility index (Phi) is 4.06. The Morgan fingerprint density at radius 2 is 2.14 bits per heavy atom. The van der Waals surface area contributed by atoms with Crippen molar-refractivity contribution in [2.45, 2.75) is 19.8 Å². The smallest absolute Gasteiger partial charge is 0.311 e. The number of phenolic OH excluding ortho intramolecular Hbond substituents is 1. The third-order valence-electron chi connectivity index (χ3n) is 4.20. The molecule has 1 saturated heterocycles. The fourth-order valence-corrected chi connectivity index (χ4v) is 2.67. The van der Waals surface area contributed by atoms with E-state index < -0.39 is 11.4 Å². The van der Waals surface area contributed by atoms with Crippen LogP contribution in [0.15, 0.2) is 18.2 Å². The summed E-state index contributed by atoms with van der Waals surface area (Å²) in [4.78, 5) is 25.3.